The van der Waals surface area contributed by atoms with E-state index < -0.39 is 17.3 Å². The minimum Gasteiger partial charge on any atom is -0.388 e. The van der Waals surface area contributed by atoms with Crippen LogP contribution < -0.4 is 4.90 Å². The minimum absolute atomic E-state index is 0.208. The quantitative estimate of drug-likeness (QED) is 0.735. The Bertz CT molecular complexity index is 802. The van der Waals surface area contributed by atoms with Crippen molar-refractivity contribution in [1.82, 2.24) is 9.97 Å². The molecule has 2 aromatic rings. The van der Waals surface area contributed by atoms with Crippen molar-refractivity contribution in [3.05, 3.63) is 30.1 Å². The summed E-state index contributed by atoms with van der Waals surface area (Å²) in [4.78, 5) is 11.1. The summed E-state index contributed by atoms with van der Waals surface area (Å²) in [5.41, 5.74) is -1.02. The van der Waals surface area contributed by atoms with Gasteiger partial charge in [-0.05, 0) is 31.9 Å². The topological polar surface area (TPSA) is 98.9 Å². The molecule has 3 N–H and O–H groups in total. The number of nitrogens with zero attached hydrogens (tertiary/aromatic N) is 3. The fourth-order valence-corrected chi connectivity index (χ4v) is 4.18. The smallest absolute Gasteiger partial charge is 0.156 e. The van der Waals surface area contributed by atoms with Gasteiger partial charge in [-0.2, -0.15) is 0 Å². The van der Waals surface area contributed by atoms with Gasteiger partial charge in [0, 0.05) is 24.9 Å². The lowest BCUT2D eigenvalue weighted by Gasteiger charge is -2.51. The summed E-state index contributed by atoms with van der Waals surface area (Å²) in [6.07, 6.45) is 0.755. The number of aliphatic hydroxyl groups is 3. The molecule has 140 valence electrons. The van der Waals surface area contributed by atoms with Crippen LogP contribution in [0.15, 0.2) is 24.3 Å². The molecule has 4 rings (SSSR count). The van der Waals surface area contributed by atoms with Gasteiger partial charge in [0.25, 0.3) is 0 Å². The van der Waals surface area contributed by atoms with Crippen LogP contribution in [0.2, 0.25) is 0 Å². The zero-order chi connectivity index (χ0) is 18.4. The standard InChI is InChI=1S/C19H25N3O4/c1-18(25)8-11-26-19(17(18)24)6-9-22(10-7-19)16-13-4-2-3-5-14(13)20-15(12-23)21-16/h2-5,17,23-25H,6-12H2,1H3/t17-,18+/m0/s1. The summed E-state index contributed by atoms with van der Waals surface area (Å²) < 4.78 is 5.96. The average Bonchev–Trinajstić information content (AvgIpc) is 2.66. The zero-order valence-corrected chi connectivity index (χ0v) is 14.9. The van der Waals surface area contributed by atoms with Crippen molar-refractivity contribution in [3.63, 3.8) is 0 Å². The molecule has 0 unspecified atom stereocenters. The third-order valence-electron chi connectivity index (χ3n) is 5.77. The van der Waals surface area contributed by atoms with Crippen LogP contribution in [0, 0.1) is 0 Å². The molecule has 0 amide bonds. The van der Waals surface area contributed by atoms with Gasteiger partial charge in [-0.3, -0.25) is 0 Å². The van der Waals surface area contributed by atoms with Crippen molar-refractivity contribution in [2.45, 2.75) is 50.1 Å². The van der Waals surface area contributed by atoms with E-state index in [-0.39, 0.29) is 6.61 Å². The highest BCUT2D eigenvalue weighted by atomic mass is 16.5. The molecule has 0 saturated carbocycles. The number of ether oxygens (including phenoxy) is 1. The van der Waals surface area contributed by atoms with E-state index in [1.165, 1.54) is 0 Å². The predicted molar refractivity (Wildman–Crippen MR) is 96.8 cm³/mol. The van der Waals surface area contributed by atoms with Crippen LogP contribution >= 0.6 is 0 Å². The summed E-state index contributed by atoms with van der Waals surface area (Å²) >= 11 is 0. The first-order valence-electron chi connectivity index (χ1n) is 9.11. The second kappa shape index (κ2) is 6.42. The number of piperidine rings is 1. The number of hydrogen-bond donors (Lipinski definition) is 3. The van der Waals surface area contributed by atoms with E-state index >= 15 is 0 Å². The molecule has 2 aliphatic heterocycles. The molecular weight excluding hydrogens is 334 g/mol. The Morgan fingerprint density at radius 2 is 1.92 bits per heavy atom. The Balaban J connectivity index is 1.62. The molecule has 26 heavy (non-hydrogen) atoms. The summed E-state index contributed by atoms with van der Waals surface area (Å²) in [5.74, 6) is 1.20. The number of rotatable bonds is 2. The lowest BCUT2D eigenvalue weighted by Crippen LogP contribution is -2.64. The van der Waals surface area contributed by atoms with Gasteiger partial charge in [0.05, 0.1) is 17.7 Å². The molecule has 2 fully saturated rings. The van der Waals surface area contributed by atoms with Crippen LogP contribution in [-0.4, -0.2) is 62.3 Å². The van der Waals surface area contributed by atoms with Crippen molar-refractivity contribution in [1.29, 1.82) is 0 Å². The van der Waals surface area contributed by atoms with E-state index in [4.69, 9.17) is 4.74 Å². The van der Waals surface area contributed by atoms with E-state index in [0.717, 1.165) is 16.7 Å². The number of hydrogen-bond acceptors (Lipinski definition) is 7. The van der Waals surface area contributed by atoms with E-state index in [0.29, 0.717) is 44.8 Å². The van der Waals surface area contributed by atoms with Gasteiger partial charge >= 0.3 is 0 Å². The largest absolute Gasteiger partial charge is 0.388 e. The number of aliphatic hydroxyl groups excluding tert-OH is 2. The molecule has 1 aromatic carbocycles. The molecule has 3 heterocycles. The molecule has 0 radical (unpaired) electrons. The summed E-state index contributed by atoms with van der Waals surface area (Å²) in [6.45, 7) is 3.23. The van der Waals surface area contributed by atoms with Crippen molar-refractivity contribution in [3.8, 4) is 0 Å². The molecule has 2 atom stereocenters. The second-order valence-electron chi connectivity index (χ2n) is 7.55. The monoisotopic (exact) mass is 359 g/mol. The number of anilines is 1. The summed E-state index contributed by atoms with van der Waals surface area (Å²) in [5, 5.41) is 31.6. The van der Waals surface area contributed by atoms with Crippen LogP contribution in [-0.2, 0) is 11.3 Å². The van der Waals surface area contributed by atoms with Gasteiger partial charge < -0.3 is 25.0 Å². The Hall–Kier alpha value is -1.80. The van der Waals surface area contributed by atoms with Gasteiger partial charge in [0.1, 0.15) is 24.1 Å². The number of para-hydroxylation sites is 1. The van der Waals surface area contributed by atoms with Crippen LogP contribution in [0.3, 0.4) is 0 Å². The SMILES string of the molecule is C[C@@]1(O)CCOC2(CCN(c3nc(CO)nc4ccccc34)CC2)[C@H]1O. The van der Waals surface area contributed by atoms with E-state index in [1.54, 1.807) is 6.92 Å². The van der Waals surface area contributed by atoms with Crippen LogP contribution in [0.4, 0.5) is 5.82 Å². The maximum Gasteiger partial charge on any atom is 0.156 e. The highest BCUT2D eigenvalue weighted by Gasteiger charge is 2.52. The third kappa shape index (κ3) is 2.85. The Labute approximate surface area is 152 Å². The molecule has 0 aliphatic carbocycles. The number of fused-ring (bicyclic) bond motifs is 1. The molecule has 7 heteroatoms. The van der Waals surface area contributed by atoms with E-state index in [2.05, 4.69) is 14.9 Å². The number of aromatic nitrogens is 2. The molecule has 1 spiro atoms. The lowest BCUT2D eigenvalue weighted by atomic mass is 9.75. The Morgan fingerprint density at radius 1 is 1.19 bits per heavy atom. The first-order chi connectivity index (χ1) is 12.5. The van der Waals surface area contributed by atoms with Gasteiger partial charge in [-0.1, -0.05) is 12.1 Å². The lowest BCUT2D eigenvalue weighted by molar-refractivity contribution is -0.239. The second-order valence-corrected chi connectivity index (χ2v) is 7.55. The van der Waals surface area contributed by atoms with Crippen LogP contribution in [0.5, 0.6) is 0 Å². The van der Waals surface area contributed by atoms with Gasteiger partial charge in [-0.15, -0.1) is 0 Å². The Morgan fingerprint density at radius 3 is 2.65 bits per heavy atom. The van der Waals surface area contributed by atoms with Crippen molar-refractivity contribution >= 4 is 16.7 Å². The first kappa shape index (κ1) is 17.6. The van der Waals surface area contributed by atoms with Gasteiger partial charge in [0.15, 0.2) is 5.82 Å². The maximum atomic E-state index is 10.7. The average molecular weight is 359 g/mol. The minimum atomic E-state index is -1.12. The molecule has 7 nitrogen and oxygen atoms in total. The van der Waals surface area contributed by atoms with Crippen molar-refractivity contribution in [2.75, 3.05) is 24.6 Å². The first-order valence-corrected chi connectivity index (χ1v) is 9.11. The van der Waals surface area contributed by atoms with Crippen molar-refractivity contribution in [2.24, 2.45) is 0 Å². The highest BCUT2D eigenvalue weighted by Crippen LogP contribution is 2.41. The number of benzene rings is 1. The predicted octanol–water partition coefficient (Wildman–Crippen LogP) is 0.993. The fourth-order valence-electron chi connectivity index (χ4n) is 4.18. The third-order valence-corrected chi connectivity index (χ3v) is 5.77. The molecule has 1 aromatic heterocycles. The van der Waals surface area contributed by atoms with Crippen LogP contribution in [0.1, 0.15) is 32.0 Å². The molecular formula is C19H25N3O4. The van der Waals surface area contributed by atoms with Gasteiger partial charge in [0.2, 0.25) is 0 Å². The Kier molecular flexibility index (Phi) is 4.35. The van der Waals surface area contributed by atoms with Gasteiger partial charge in [-0.25, -0.2) is 9.97 Å². The zero-order valence-electron chi connectivity index (χ0n) is 14.9. The maximum absolute atomic E-state index is 10.7. The summed E-state index contributed by atoms with van der Waals surface area (Å²) in [7, 11) is 0. The molecule has 2 aliphatic rings. The highest BCUT2D eigenvalue weighted by molar-refractivity contribution is 5.89. The van der Waals surface area contributed by atoms with E-state index in [1.807, 2.05) is 24.3 Å². The normalized spacial score (nSPS) is 28.6. The van der Waals surface area contributed by atoms with Crippen molar-refractivity contribution < 1.29 is 20.1 Å². The molecule has 0 bridgehead atoms. The van der Waals surface area contributed by atoms with Crippen LogP contribution in [0.25, 0.3) is 10.9 Å². The van der Waals surface area contributed by atoms with E-state index in [9.17, 15) is 15.3 Å². The molecule has 2 saturated heterocycles. The summed E-state index contributed by atoms with van der Waals surface area (Å²) in [6, 6.07) is 7.76. The fraction of sp³-hybridized carbons (Fsp3) is 0.579.